The predicted molar refractivity (Wildman–Crippen MR) is 103 cm³/mol. The minimum Gasteiger partial charge on any atom is -0.496 e. The van der Waals surface area contributed by atoms with Crippen LogP contribution in [0.1, 0.15) is 11.5 Å². The van der Waals surface area contributed by atoms with Crippen molar-refractivity contribution in [3.8, 4) is 17.2 Å². The highest BCUT2D eigenvalue weighted by Gasteiger charge is 2.11. The molecular weight excluding hydrogens is 402 g/mol. The van der Waals surface area contributed by atoms with Gasteiger partial charge in [-0.05, 0) is 24.3 Å². The molecule has 3 aromatic rings. The van der Waals surface area contributed by atoms with Crippen LogP contribution in [0.2, 0.25) is 0 Å². The number of hydrogen-bond donors (Lipinski definition) is 0. The molecule has 0 aliphatic heterocycles. The third-order valence-electron chi connectivity index (χ3n) is 3.75. The summed E-state index contributed by atoms with van der Waals surface area (Å²) in [5.41, 5.74) is 0.773. The van der Waals surface area contributed by atoms with E-state index in [-0.39, 0.29) is 5.89 Å². The second-order valence-electron chi connectivity index (χ2n) is 5.28. The van der Waals surface area contributed by atoms with Gasteiger partial charge in [0.05, 0.1) is 32.2 Å². The lowest BCUT2D eigenvalue weighted by Gasteiger charge is -2.08. The molecule has 3 rings (SSSR count). The normalized spacial score (nSPS) is 11.1. The number of benzene rings is 2. The van der Waals surface area contributed by atoms with Crippen LogP contribution in [0.5, 0.6) is 17.2 Å². The minimum absolute atomic E-state index is 0.178. The average Bonchev–Trinajstić information content (AvgIpc) is 2.65. The fourth-order valence-corrected chi connectivity index (χ4v) is 2.86. The van der Waals surface area contributed by atoms with Crippen molar-refractivity contribution in [2.24, 2.45) is 0 Å². The summed E-state index contributed by atoms with van der Waals surface area (Å²) < 4.78 is 22.0. The quantitative estimate of drug-likeness (QED) is 0.620. The third-order valence-corrected chi connectivity index (χ3v) is 4.24. The Morgan fingerprint density at radius 1 is 0.962 bits per heavy atom. The molecule has 134 valence electrons. The van der Waals surface area contributed by atoms with E-state index in [1.165, 1.54) is 14.2 Å². The summed E-state index contributed by atoms with van der Waals surface area (Å²) in [6, 6.07) is 8.80. The summed E-state index contributed by atoms with van der Waals surface area (Å²) >= 11 is 3.42. The first kappa shape index (κ1) is 18.0. The van der Waals surface area contributed by atoms with Gasteiger partial charge in [-0.1, -0.05) is 15.9 Å². The summed E-state index contributed by atoms with van der Waals surface area (Å²) in [5, 5.41) is 0.319. The number of methoxy groups -OCH3 is 3. The summed E-state index contributed by atoms with van der Waals surface area (Å²) in [4.78, 5) is 16.7. The zero-order valence-electron chi connectivity index (χ0n) is 14.4. The zero-order valence-corrected chi connectivity index (χ0v) is 16.0. The first-order valence-corrected chi connectivity index (χ1v) is 8.43. The van der Waals surface area contributed by atoms with Crippen molar-refractivity contribution in [2.75, 3.05) is 21.3 Å². The molecule has 0 saturated carbocycles. The van der Waals surface area contributed by atoms with Crippen LogP contribution in [0.25, 0.3) is 23.1 Å². The van der Waals surface area contributed by atoms with Crippen molar-refractivity contribution in [1.82, 2.24) is 4.98 Å². The van der Waals surface area contributed by atoms with Crippen molar-refractivity contribution in [3.05, 3.63) is 56.7 Å². The number of fused-ring (bicyclic) bond motifs is 1. The second-order valence-corrected chi connectivity index (χ2v) is 6.20. The number of rotatable bonds is 5. The van der Waals surface area contributed by atoms with Gasteiger partial charge in [0, 0.05) is 28.2 Å². The standard InChI is InChI=1S/C19H16BrNO5/c1-23-15-6-5-12(20)8-11(15)4-7-18-21-14-10-17(25-3)16(24-2)9-13(14)19(22)26-18/h4-10H,1-3H3/b7-4+. The third kappa shape index (κ3) is 3.57. The van der Waals surface area contributed by atoms with Crippen molar-refractivity contribution in [2.45, 2.75) is 0 Å². The summed E-state index contributed by atoms with van der Waals surface area (Å²) in [6.45, 7) is 0. The van der Waals surface area contributed by atoms with E-state index in [0.29, 0.717) is 28.2 Å². The van der Waals surface area contributed by atoms with Crippen LogP contribution >= 0.6 is 15.9 Å². The number of halogens is 1. The Labute approximate surface area is 158 Å². The number of hydrogen-bond acceptors (Lipinski definition) is 6. The molecule has 26 heavy (non-hydrogen) atoms. The smallest absolute Gasteiger partial charge is 0.347 e. The molecule has 0 unspecified atom stereocenters. The van der Waals surface area contributed by atoms with Gasteiger partial charge in [-0.3, -0.25) is 0 Å². The lowest BCUT2D eigenvalue weighted by atomic mass is 10.2. The van der Waals surface area contributed by atoms with Crippen molar-refractivity contribution in [1.29, 1.82) is 0 Å². The molecule has 0 fully saturated rings. The maximum Gasteiger partial charge on any atom is 0.347 e. The van der Waals surface area contributed by atoms with Crippen LogP contribution in [0.4, 0.5) is 0 Å². The monoisotopic (exact) mass is 417 g/mol. The maximum absolute atomic E-state index is 12.3. The Hall–Kier alpha value is -2.80. The van der Waals surface area contributed by atoms with Gasteiger partial charge in [0.1, 0.15) is 5.75 Å². The molecule has 7 heteroatoms. The van der Waals surface area contributed by atoms with E-state index in [4.69, 9.17) is 18.6 Å². The van der Waals surface area contributed by atoms with Gasteiger partial charge >= 0.3 is 5.63 Å². The Kier molecular flexibility index (Phi) is 5.27. The molecule has 1 aromatic heterocycles. The highest BCUT2D eigenvalue weighted by molar-refractivity contribution is 9.10. The molecule has 1 heterocycles. The van der Waals surface area contributed by atoms with Gasteiger partial charge in [0.2, 0.25) is 5.89 Å². The van der Waals surface area contributed by atoms with Gasteiger partial charge in [-0.2, -0.15) is 0 Å². The largest absolute Gasteiger partial charge is 0.496 e. The number of ether oxygens (including phenoxy) is 3. The van der Waals surface area contributed by atoms with E-state index < -0.39 is 5.63 Å². The van der Waals surface area contributed by atoms with Crippen LogP contribution in [0, 0.1) is 0 Å². The Balaban J connectivity index is 2.06. The molecule has 0 amide bonds. The number of aromatic nitrogens is 1. The predicted octanol–water partition coefficient (Wildman–Crippen LogP) is 4.15. The lowest BCUT2D eigenvalue weighted by molar-refractivity contribution is 0.355. The fraction of sp³-hybridized carbons (Fsp3) is 0.158. The fourth-order valence-electron chi connectivity index (χ4n) is 2.48. The summed E-state index contributed by atoms with van der Waals surface area (Å²) in [5.74, 6) is 1.80. The van der Waals surface area contributed by atoms with Gasteiger partial charge < -0.3 is 18.6 Å². The molecule has 2 aromatic carbocycles. The van der Waals surface area contributed by atoms with Crippen LogP contribution < -0.4 is 19.8 Å². The minimum atomic E-state index is -0.503. The van der Waals surface area contributed by atoms with Gasteiger partial charge in [-0.15, -0.1) is 0 Å². The first-order valence-electron chi connectivity index (χ1n) is 7.64. The van der Waals surface area contributed by atoms with Crippen molar-refractivity contribution >= 4 is 39.0 Å². The average molecular weight is 418 g/mol. The van der Waals surface area contributed by atoms with E-state index in [9.17, 15) is 4.79 Å². The van der Waals surface area contributed by atoms with Crippen LogP contribution in [0.15, 0.2) is 44.0 Å². The molecule has 0 atom stereocenters. The Bertz CT molecular complexity index is 1040. The molecule has 0 spiro atoms. The van der Waals surface area contributed by atoms with Crippen molar-refractivity contribution < 1.29 is 18.6 Å². The van der Waals surface area contributed by atoms with Gasteiger partial charge in [0.15, 0.2) is 11.5 Å². The molecule has 0 radical (unpaired) electrons. The van der Waals surface area contributed by atoms with Crippen molar-refractivity contribution in [3.63, 3.8) is 0 Å². The van der Waals surface area contributed by atoms with Gasteiger partial charge in [0.25, 0.3) is 0 Å². The number of nitrogens with zero attached hydrogens (tertiary/aromatic N) is 1. The first-order chi connectivity index (χ1) is 12.5. The summed E-state index contributed by atoms with van der Waals surface area (Å²) in [6.07, 6.45) is 3.38. The second kappa shape index (κ2) is 7.61. The van der Waals surface area contributed by atoms with E-state index in [2.05, 4.69) is 20.9 Å². The summed E-state index contributed by atoms with van der Waals surface area (Å²) in [7, 11) is 4.62. The van der Waals surface area contributed by atoms with Crippen LogP contribution in [0.3, 0.4) is 0 Å². The SMILES string of the molecule is COc1ccc(Br)cc1/C=C/c1nc2cc(OC)c(OC)cc2c(=O)o1. The lowest BCUT2D eigenvalue weighted by Crippen LogP contribution is -2.04. The van der Waals surface area contributed by atoms with Gasteiger partial charge in [-0.25, -0.2) is 9.78 Å². The molecule has 0 aliphatic rings. The Morgan fingerprint density at radius 3 is 2.35 bits per heavy atom. The highest BCUT2D eigenvalue weighted by Crippen LogP contribution is 2.30. The van der Waals surface area contributed by atoms with E-state index >= 15 is 0 Å². The molecule has 0 N–H and O–H groups in total. The maximum atomic E-state index is 12.3. The van der Waals surface area contributed by atoms with E-state index in [0.717, 1.165) is 10.0 Å². The molecule has 0 saturated heterocycles. The molecule has 6 nitrogen and oxygen atoms in total. The van der Waals surface area contributed by atoms with E-state index in [1.54, 1.807) is 31.4 Å². The molecular formula is C19H16BrNO5. The van der Waals surface area contributed by atoms with Crippen LogP contribution in [-0.2, 0) is 0 Å². The highest BCUT2D eigenvalue weighted by atomic mass is 79.9. The topological polar surface area (TPSA) is 70.8 Å². The zero-order chi connectivity index (χ0) is 18.7. The molecule has 0 bridgehead atoms. The molecule has 0 aliphatic carbocycles. The Morgan fingerprint density at radius 2 is 1.65 bits per heavy atom. The van der Waals surface area contributed by atoms with Crippen LogP contribution in [-0.4, -0.2) is 26.3 Å². The van der Waals surface area contributed by atoms with E-state index in [1.807, 2.05) is 18.2 Å².